The fourth-order valence-electron chi connectivity index (χ4n) is 0.156. The summed E-state index contributed by atoms with van der Waals surface area (Å²) in [7, 11) is -4.63. The number of carbonyl (C=O) groups excluding carboxylic acids is 1. The Morgan fingerprint density at radius 2 is 2.00 bits per heavy atom. The number of hydrogen-bond donors (Lipinski definition) is 1. The van der Waals surface area contributed by atoms with E-state index in [9.17, 15) is 13.2 Å². The zero-order valence-electron chi connectivity index (χ0n) is 4.23. The number of nitrogens with zero attached hydrogens (tertiary/aromatic N) is 1. The molecule has 0 aromatic heterocycles. The van der Waals surface area contributed by atoms with Crippen molar-refractivity contribution in [2.24, 2.45) is 0 Å². The topological polar surface area (TPSA) is 95.2 Å². The second kappa shape index (κ2) is 4.82. The Bertz CT molecular complexity index is 250. The Hall–Kier alpha value is 0.0700. The molecule has 0 saturated carbocycles. The molecule has 52 valence electrons. The van der Waals surface area contributed by atoms with Crippen molar-refractivity contribution in [3.63, 3.8) is 0 Å². The number of carbonyl (C=O) groups is 1. The Morgan fingerprint density at radius 3 is 2.10 bits per heavy atom. The zero-order chi connectivity index (χ0) is 7.49. The van der Waals surface area contributed by atoms with Crippen molar-refractivity contribution >= 4 is 44.8 Å². The van der Waals surface area contributed by atoms with Gasteiger partial charge in [-0.1, -0.05) is 0 Å². The van der Waals surface area contributed by atoms with Gasteiger partial charge in [0, 0.05) is 0 Å². The first-order chi connectivity index (χ1) is 3.98. The molecule has 0 aromatic carbocycles. The minimum absolute atomic E-state index is 0. The van der Waals surface area contributed by atoms with Gasteiger partial charge < -0.3 is 0 Å². The molecule has 0 heterocycles. The average molecular weight is 173 g/mol. The molecule has 0 aromatic rings. The molecule has 5 nitrogen and oxygen atoms in total. The molecule has 0 bridgehead atoms. The molecule has 0 aliphatic rings. The summed E-state index contributed by atoms with van der Waals surface area (Å²) in [6.07, 6.45) is -0.807. The van der Waals surface area contributed by atoms with Crippen molar-refractivity contribution in [1.29, 1.82) is 5.26 Å². The zero-order valence-corrected chi connectivity index (χ0v) is 5.05. The fourth-order valence-corrected chi connectivity index (χ4v) is 0.403. The van der Waals surface area contributed by atoms with E-state index < -0.39 is 21.7 Å². The third kappa shape index (κ3) is 4.90. The van der Waals surface area contributed by atoms with Gasteiger partial charge >= 0.3 is 39.7 Å². The van der Waals surface area contributed by atoms with Crippen LogP contribution in [0.3, 0.4) is 0 Å². The van der Waals surface area contributed by atoms with Crippen LogP contribution in [0.15, 0.2) is 0 Å². The summed E-state index contributed by atoms with van der Waals surface area (Å²) in [5, 5.41) is 6.29. The Balaban J connectivity index is 0. The molecule has 0 atom stereocenters. The van der Waals surface area contributed by atoms with Crippen LogP contribution in [-0.4, -0.2) is 47.6 Å². The van der Waals surface area contributed by atoms with Crippen LogP contribution in [0.25, 0.3) is 0 Å². The van der Waals surface area contributed by atoms with Crippen molar-refractivity contribution < 1.29 is 17.8 Å². The molecule has 1 N–H and O–H groups in total. The van der Waals surface area contributed by atoms with Crippen LogP contribution in [0.4, 0.5) is 0 Å². The molecule has 7 heteroatoms. The normalized spacial score (nSPS) is 9.20. The number of hydrogen-bond acceptors (Lipinski definition) is 4. The number of rotatable bonds is 1. The SMILES string of the molecule is N#CCC(=O)S(=O)(=O)O.[NaH]. The van der Waals surface area contributed by atoms with Gasteiger partial charge in [0.25, 0.3) is 5.12 Å². The Morgan fingerprint density at radius 1 is 1.60 bits per heavy atom. The molecule has 10 heavy (non-hydrogen) atoms. The molecule has 0 rings (SSSR count). The van der Waals surface area contributed by atoms with Gasteiger partial charge in [0.1, 0.15) is 6.42 Å². The van der Waals surface area contributed by atoms with Gasteiger partial charge in [0.05, 0.1) is 6.07 Å². The number of nitriles is 1. The van der Waals surface area contributed by atoms with Crippen molar-refractivity contribution in [3.05, 3.63) is 0 Å². The molecule has 0 spiro atoms. The summed E-state index contributed by atoms with van der Waals surface area (Å²) in [6.45, 7) is 0. The van der Waals surface area contributed by atoms with Gasteiger partial charge in [-0.25, -0.2) is 0 Å². The summed E-state index contributed by atoms with van der Waals surface area (Å²) >= 11 is 0. The maximum atomic E-state index is 10.0. The summed E-state index contributed by atoms with van der Waals surface area (Å²) < 4.78 is 27.4. The van der Waals surface area contributed by atoms with Gasteiger partial charge in [-0.2, -0.15) is 13.7 Å². The third-order valence-corrected chi connectivity index (χ3v) is 1.23. The fraction of sp³-hybridized carbons (Fsp3) is 0.333. The minimum atomic E-state index is -4.63. The monoisotopic (exact) mass is 173 g/mol. The van der Waals surface area contributed by atoms with Crippen molar-refractivity contribution in [2.45, 2.75) is 6.42 Å². The van der Waals surface area contributed by atoms with Crippen molar-refractivity contribution in [2.75, 3.05) is 0 Å². The van der Waals surface area contributed by atoms with Crippen LogP contribution in [0.1, 0.15) is 6.42 Å². The molecule has 0 amide bonds. The first-order valence-corrected chi connectivity index (χ1v) is 3.29. The van der Waals surface area contributed by atoms with Gasteiger partial charge in [-0.3, -0.25) is 9.35 Å². The van der Waals surface area contributed by atoms with Crippen LogP contribution in [0.2, 0.25) is 0 Å². The van der Waals surface area contributed by atoms with Gasteiger partial charge in [-0.05, 0) is 0 Å². The molecule has 0 saturated heterocycles. The molecule has 0 aliphatic heterocycles. The second-order valence-corrected chi connectivity index (χ2v) is 2.59. The predicted molar refractivity (Wildman–Crippen MR) is 33.9 cm³/mol. The van der Waals surface area contributed by atoms with Crippen molar-refractivity contribution in [3.8, 4) is 6.07 Å². The summed E-state index contributed by atoms with van der Waals surface area (Å²) in [4.78, 5) is 10.0. The van der Waals surface area contributed by atoms with Crippen LogP contribution < -0.4 is 0 Å². The van der Waals surface area contributed by atoms with Crippen LogP contribution in [-0.2, 0) is 14.9 Å². The first kappa shape index (κ1) is 12.7. The van der Waals surface area contributed by atoms with E-state index in [2.05, 4.69) is 0 Å². The van der Waals surface area contributed by atoms with Gasteiger partial charge in [-0.15, -0.1) is 0 Å². The summed E-state index contributed by atoms with van der Waals surface area (Å²) in [5.41, 5.74) is 0. The Kier molecular flexibility index (Phi) is 6.13. The Labute approximate surface area is 80.1 Å². The van der Waals surface area contributed by atoms with E-state index >= 15 is 0 Å². The third-order valence-electron chi connectivity index (χ3n) is 0.511. The maximum absolute atomic E-state index is 10.0. The standard InChI is InChI=1S/C3H3NO4S.Na.H/c4-2-1-3(5)9(6,7)8;;/h1H2,(H,6,7,8);;. The molecular formula is C3H4NNaO4S. The molecular weight excluding hydrogens is 169 g/mol. The van der Waals surface area contributed by atoms with Crippen molar-refractivity contribution in [1.82, 2.24) is 0 Å². The predicted octanol–water partition coefficient (Wildman–Crippen LogP) is -1.33. The van der Waals surface area contributed by atoms with Crippen LogP contribution in [0.5, 0.6) is 0 Å². The van der Waals surface area contributed by atoms with Gasteiger partial charge in [0.15, 0.2) is 0 Å². The van der Waals surface area contributed by atoms with E-state index in [1.165, 1.54) is 6.07 Å². The van der Waals surface area contributed by atoms with E-state index in [-0.39, 0.29) is 29.6 Å². The van der Waals surface area contributed by atoms with Crippen LogP contribution >= 0.6 is 0 Å². The van der Waals surface area contributed by atoms with E-state index in [0.29, 0.717) is 0 Å². The summed E-state index contributed by atoms with van der Waals surface area (Å²) in [5.74, 6) is 0. The molecule has 0 aliphatic carbocycles. The van der Waals surface area contributed by atoms with E-state index in [4.69, 9.17) is 9.81 Å². The molecule has 0 radical (unpaired) electrons. The van der Waals surface area contributed by atoms with Gasteiger partial charge in [0.2, 0.25) is 0 Å². The van der Waals surface area contributed by atoms with Crippen LogP contribution in [0, 0.1) is 11.3 Å². The van der Waals surface area contributed by atoms with E-state index in [1.54, 1.807) is 0 Å². The quantitative estimate of drug-likeness (QED) is 0.391. The molecule has 0 unspecified atom stereocenters. The second-order valence-electron chi connectivity index (χ2n) is 1.18. The van der Waals surface area contributed by atoms with E-state index in [0.717, 1.165) is 0 Å². The molecule has 0 fully saturated rings. The summed E-state index contributed by atoms with van der Waals surface area (Å²) in [6, 6.07) is 1.29. The first-order valence-electron chi connectivity index (χ1n) is 1.85. The van der Waals surface area contributed by atoms with E-state index in [1.807, 2.05) is 0 Å². The average Bonchev–Trinajstić information content (AvgIpc) is 1.64.